The monoisotopic (exact) mass is 320 g/mol. The number of carbonyl (C=O) groups excluding carboxylic acids is 1. The number of H-pyrrole nitrogens is 1. The Kier molecular flexibility index (Phi) is 4.03. The number of fused-ring (bicyclic) bond motifs is 1. The summed E-state index contributed by atoms with van der Waals surface area (Å²) in [4.78, 5) is 20.1. The fourth-order valence-corrected chi connectivity index (χ4v) is 3.31. The maximum atomic E-state index is 12.2. The first-order valence-corrected chi connectivity index (χ1v) is 8.56. The molecule has 2 aromatic carbocycles. The minimum absolute atomic E-state index is 0.0637. The predicted molar refractivity (Wildman–Crippen MR) is 93.7 cm³/mol. The Morgan fingerprint density at radius 3 is 2.50 bits per heavy atom. The van der Waals surface area contributed by atoms with Gasteiger partial charge < -0.3 is 9.72 Å². The van der Waals surface area contributed by atoms with Crippen LogP contribution >= 0.6 is 0 Å². The summed E-state index contributed by atoms with van der Waals surface area (Å²) >= 11 is 0. The Labute approximate surface area is 140 Å². The van der Waals surface area contributed by atoms with Crippen molar-refractivity contribution in [2.24, 2.45) is 5.92 Å². The summed E-state index contributed by atoms with van der Waals surface area (Å²) in [5.74, 6) is 1.40. The number of imidazole rings is 1. The third-order valence-corrected chi connectivity index (χ3v) is 4.67. The molecule has 1 N–H and O–H groups in total. The van der Waals surface area contributed by atoms with Crippen LogP contribution in [0.3, 0.4) is 0 Å². The topological polar surface area (TPSA) is 55.0 Å². The van der Waals surface area contributed by atoms with Gasteiger partial charge in [0, 0.05) is 5.56 Å². The number of carbonyl (C=O) groups is 1. The average Bonchev–Trinajstić information content (AvgIpc) is 3.07. The normalized spacial score (nSPS) is 15.5. The largest absolute Gasteiger partial charge is 0.426 e. The zero-order valence-corrected chi connectivity index (χ0v) is 13.5. The lowest BCUT2D eigenvalue weighted by atomic mass is 9.89. The van der Waals surface area contributed by atoms with Gasteiger partial charge in [0.25, 0.3) is 0 Å². The quantitative estimate of drug-likeness (QED) is 0.561. The predicted octanol–water partition coefficient (Wildman–Crippen LogP) is 4.72. The van der Waals surface area contributed by atoms with Crippen molar-refractivity contribution in [1.29, 1.82) is 0 Å². The highest BCUT2D eigenvalue weighted by Crippen LogP contribution is 2.27. The van der Waals surface area contributed by atoms with E-state index in [1.807, 2.05) is 48.5 Å². The zero-order chi connectivity index (χ0) is 16.4. The van der Waals surface area contributed by atoms with E-state index in [1.54, 1.807) is 0 Å². The lowest BCUT2D eigenvalue weighted by Gasteiger charge is -2.19. The number of esters is 1. The fraction of sp³-hybridized carbons (Fsp3) is 0.300. The molecule has 4 rings (SSSR count). The molecule has 1 aromatic heterocycles. The molecule has 3 aromatic rings. The molecule has 1 saturated carbocycles. The number of benzene rings is 2. The van der Waals surface area contributed by atoms with Crippen LogP contribution in [0.25, 0.3) is 22.4 Å². The van der Waals surface area contributed by atoms with Crippen LogP contribution in [-0.4, -0.2) is 15.9 Å². The first-order valence-electron chi connectivity index (χ1n) is 8.56. The molecule has 1 aliphatic carbocycles. The zero-order valence-electron chi connectivity index (χ0n) is 13.5. The molecule has 0 amide bonds. The maximum absolute atomic E-state index is 12.2. The van der Waals surface area contributed by atoms with E-state index in [0.29, 0.717) is 5.75 Å². The second-order valence-electron chi connectivity index (χ2n) is 6.38. The van der Waals surface area contributed by atoms with E-state index in [1.165, 1.54) is 6.42 Å². The van der Waals surface area contributed by atoms with Gasteiger partial charge >= 0.3 is 5.97 Å². The van der Waals surface area contributed by atoms with Crippen LogP contribution in [0.1, 0.15) is 32.1 Å². The molecule has 1 heterocycles. The lowest BCUT2D eigenvalue weighted by molar-refractivity contribution is -0.139. The Hall–Kier alpha value is -2.62. The van der Waals surface area contributed by atoms with Gasteiger partial charge in [0.05, 0.1) is 17.0 Å². The Balaban J connectivity index is 1.48. The highest BCUT2D eigenvalue weighted by atomic mass is 16.5. The molecule has 122 valence electrons. The second kappa shape index (κ2) is 6.48. The summed E-state index contributed by atoms with van der Waals surface area (Å²) in [5, 5.41) is 0. The van der Waals surface area contributed by atoms with Crippen molar-refractivity contribution in [3.8, 4) is 17.1 Å². The van der Waals surface area contributed by atoms with Gasteiger partial charge in [-0.25, -0.2) is 4.98 Å². The summed E-state index contributed by atoms with van der Waals surface area (Å²) < 4.78 is 5.53. The Morgan fingerprint density at radius 2 is 1.75 bits per heavy atom. The van der Waals surface area contributed by atoms with Crippen molar-refractivity contribution in [3.63, 3.8) is 0 Å². The molecule has 1 aliphatic rings. The summed E-state index contributed by atoms with van der Waals surface area (Å²) in [6.07, 6.45) is 5.40. The number of nitrogens with one attached hydrogen (secondary N) is 1. The van der Waals surface area contributed by atoms with Crippen LogP contribution in [0.4, 0.5) is 0 Å². The second-order valence-corrected chi connectivity index (χ2v) is 6.38. The number of aromatic nitrogens is 2. The highest BCUT2D eigenvalue weighted by Gasteiger charge is 2.22. The van der Waals surface area contributed by atoms with Crippen LogP contribution in [0, 0.1) is 5.92 Å². The van der Waals surface area contributed by atoms with Crippen molar-refractivity contribution in [2.45, 2.75) is 32.1 Å². The summed E-state index contributed by atoms with van der Waals surface area (Å²) in [6, 6.07) is 15.5. The van der Waals surface area contributed by atoms with E-state index in [9.17, 15) is 4.79 Å². The van der Waals surface area contributed by atoms with Crippen LogP contribution in [0.15, 0.2) is 48.5 Å². The van der Waals surface area contributed by atoms with Gasteiger partial charge in [0.1, 0.15) is 11.6 Å². The van der Waals surface area contributed by atoms with Crippen LogP contribution in [0.2, 0.25) is 0 Å². The van der Waals surface area contributed by atoms with Gasteiger partial charge in [-0.2, -0.15) is 0 Å². The Bertz CT molecular complexity index is 812. The number of aromatic amines is 1. The molecule has 1 fully saturated rings. The van der Waals surface area contributed by atoms with Crippen molar-refractivity contribution in [1.82, 2.24) is 9.97 Å². The SMILES string of the molecule is O=C(Oc1ccc(-c2nc3ccccc3[nH]2)cc1)C1CCCCC1. The number of hydrogen-bond donors (Lipinski definition) is 1. The number of nitrogens with zero attached hydrogens (tertiary/aromatic N) is 1. The Morgan fingerprint density at radius 1 is 1.00 bits per heavy atom. The van der Waals surface area contributed by atoms with Crippen molar-refractivity contribution >= 4 is 17.0 Å². The minimum Gasteiger partial charge on any atom is -0.426 e. The summed E-state index contributed by atoms with van der Waals surface area (Å²) in [5.41, 5.74) is 2.93. The van der Waals surface area contributed by atoms with Crippen molar-refractivity contribution < 1.29 is 9.53 Å². The summed E-state index contributed by atoms with van der Waals surface area (Å²) in [6.45, 7) is 0. The number of hydrogen-bond acceptors (Lipinski definition) is 3. The standard InChI is InChI=1S/C20H20N2O2/c23-20(15-6-2-1-3-7-15)24-16-12-10-14(11-13-16)19-21-17-8-4-5-9-18(17)22-19/h4-5,8-13,15H,1-3,6-7H2,(H,21,22). The summed E-state index contributed by atoms with van der Waals surface area (Å²) in [7, 11) is 0. The van der Waals surface area contributed by atoms with Gasteiger partial charge in [0.2, 0.25) is 0 Å². The van der Waals surface area contributed by atoms with Gasteiger partial charge in [-0.15, -0.1) is 0 Å². The van der Waals surface area contributed by atoms with Crippen molar-refractivity contribution in [3.05, 3.63) is 48.5 Å². The van der Waals surface area contributed by atoms with E-state index < -0.39 is 0 Å². The van der Waals surface area contributed by atoms with Crippen molar-refractivity contribution in [2.75, 3.05) is 0 Å². The van der Waals surface area contributed by atoms with E-state index >= 15 is 0 Å². The van der Waals surface area contributed by atoms with E-state index in [0.717, 1.165) is 48.1 Å². The smallest absolute Gasteiger partial charge is 0.314 e. The van der Waals surface area contributed by atoms with Gasteiger partial charge in [0.15, 0.2) is 0 Å². The van der Waals surface area contributed by atoms with E-state index in [-0.39, 0.29) is 11.9 Å². The number of rotatable bonds is 3. The molecule has 4 heteroatoms. The van der Waals surface area contributed by atoms with Gasteiger partial charge in [-0.3, -0.25) is 4.79 Å². The maximum Gasteiger partial charge on any atom is 0.314 e. The molecule has 0 spiro atoms. The van der Waals surface area contributed by atoms with Crippen LogP contribution in [0.5, 0.6) is 5.75 Å². The van der Waals surface area contributed by atoms with E-state index in [4.69, 9.17) is 4.74 Å². The molecule has 0 radical (unpaired) electrons. The first kappa shape index (κ1) is 14.9. The number of ether oxygens (including phenoxy) is 1. The lowest BCUT2D eigenvalue weighted by Crippen LogP contribution is -2.22. The molecule has 0 aliphatic heterocycles. The van der Waals surface area contributed by atoms with Gasteiger partial charge in [-0.1, -0.05) is 31.4 Å². The molecule has 4 nitrogen and oxygen atoms in total. The van der Waals surface area contributed by atoms with Crippen LogP contribution in [-0.2, 0) is 4.79 Å². The third-order valence-electron chi connectivity index (χ3n) is 4.67. The fourth-order valence-electron chi connectivity index (χ4n) is 3.31. The molecule has 0 atom stereocenters. The molecule has 0 unspecified atom stereocenters. The minimum atomic E-state index is -0.0915. The number of para-hydroxylation sites is 2. The first-order chi connectivity index (χ1) is 11.8. The average molecular weight is 320 g/mol. The molecule has 24 heavy (non-hydrogen) atoms. The van der Waals surface area contributed by atoms with Crippen LogP contribution < -0.4 is 4.74 Å². The molecule has 0 bridgehead atoms. The molecule has 0 saturated heterocycles. The highest BCUT2D eigenvalue weighted by molar-refractivity contribution is 5.79. The molecular weight excluding hydrogens is 300 g/mol. The molecular formula is C20H20N2O2. The van der Waals surface area contributed by atoms with Gasteiger partial charge in [-0.05, 0) is 49.2 Å². The van der Waals surface area contributed by atoms with E-state index in [2.05, 4.69) is 9.97 Å². The third kappa shape index (κ3) is 3.04.